The molecule has 0 aliphatic carbocycles. The molecule has 1 atom stereocenters. The van der Waals surface area contributed by atoms with Crippen LogP contribution in [0.25, 0.3) is 0 Å². The summed E-state index contributed by atoms with van der Waals surface area (Å²) in [5, 5.41) is 3.61. The number of hydrogen-bond donors (Lipinski definition) is 1. The standard InChI is InChI=1S/C18H29NO2/c1-5-11-20-14-9-10-15-16(19-8-4)13-18(6-2,7-3)21-17(15)12-14/h9-10,12,16,19H,5-8,11,13H2,1-4H3. The van der Waals surface area contributed by atoms with Gasteiger partial charge in [-0.3, -0.25) is 0 Å². The third-order valence-electron chi connectivity index (χ3n) is 4.48. The van der Waals surface area contributed by atoms with Gasteiger partial charge in [0.1, 0.15) is 17.1 Å². The number of rotatable bonds is 7. The van der Waals surface area contributed by atoms with Crippen LogP contribution in [0.15, 0.2) is 18.2 Å². The highest BCUT2D eigenvalue weighted by molar-refractivity contribution is 5.44. The zero-order valence-corrected chi connectivity index (χ0v) is 13.9. The van der Waals surface area contributed by atoms with E-state index in [4.69, 9.17) is 9.47 Å². The van der Waals surface area contributed by atoms with Crippen molar-refractivity contribution in [3.63, 3.8) is 0 Å². The molecule has 0 saturated heterocycles. The zero-order valence-electron chi connectivity index (χ0n) is 13.9. The largest absolute Gasteiger partial charge is 0.493 e. The molecule has 118 valence electrons. The lowest BCUT2D eigenvalue weighted by Crippen LogP contribution is -2.43. The topological polar surface area (TPSA) is 30.5 Å². The first kappa shape index (κ1) is 16.2. The first-order chi connectivity index (χ1) is 10.2. The molecule has 1 heterocycles. The van der Waals surface area contributed by atoms with Crippen LogP contribution in [0.3, 0.4) is 0 Å². The van der Waals surface area contributed by atoms with Gasteiger partial charge in [-0.25, -0.2) is 0 Å². The van der Waals surface area contributed by atoms with Crippen LogP contribution in [0.1, 0.15) is 65.0 Å². The van der Waals surface area contributed by atoms with Gasteiger partial charge in [-0.15, -0.1) is 0 Å². The molecule has 1 aliphatic heterocycles. The fourth-order valence-corrected chi connectivity index (χ4v) is 3.07. The Hall–Kier alpha value is -1.22. The lowest BCUT2D eigenvalue weighted by atomic mass is 9.83. The highest BCUT2D eigenvalue weighted by Gasteiger charge is 2.38. The SMILES string of the molecule is CCCOc1ccc2c(c1)OC(CC)(CC)CC2NCC. The molecule has 1 N–H and O–H groups in total. The Morgan fingerprint density at radius 1 is 1.24 bits per heavy atom. The van der Waals surface area contributed by atoms with Crippen LogP contribution < -0.4 is 14.8 Å². The minimum absolute atomic E-state index is 0.0524. The monoisotopic (exact) mass is 291 g/mol. The van der Waals surface area contributed by atoms with E-state index in [1.54, 1.807) is 0 Å². The minimum Gasteiger partial charge on any atom is -0.493 e. The summed E-state index contributed by atoms with van der Waals surface area (Å²) >= 11 is 0. The molecule has 21 heavy (non-hydrogen) atoms. The predicted octanol–water partition coefficient (Wildman–Crippen LogP) is 4.47. The maximum Gasteiger partial charge on any atom is 0.128 e. The predicted molar refractivity (Wildman–Crippen MR) is 87.2 cm³/mol. The summed E-state index contributed by atoms with van der Waals surface area (Å²) in [6, 6.07) is 6.66. The van der Waals surface area contributed by atoms with E-state index < -0.39 is 0 Å². The molecule has 2 rings (SSSR count). The summed E-state index contributed by atoms with van der Waals surface area (Å²) in [7, 11) is 0. The normalized spacial score (nSPS) is 19.7. The first-order valence-corrected chi connectivity index (χ1v) is 8.37. The van der Waals surface area contributed by atoms with Crippen molar-refractivity contribution in [2.24, 2.45) is 0 Å². The first-order valence-electron chi connectivity index (χ1n) is 8.37. The molecule has 1 unspecified atom stereocenters. The average molecular weight is 291 g/mol. The van der Waals surface area contributed by atoms with Crippen molar-refractivity contribution in [1.29, 1.82) is 0 Å². The maximum absolute atomic E-state index is 6.40. The van der Waals surface area contributed by atoms with Crippen molar-refractivity contribution in [2.45, 2.75) is 65.0 Å². The maximum atomic E-state index is 6.40. The number of hydrogen-bond acceptors (Lipinski definition) is 3. The highest BCUT2D eigenvalue weighted by atomic mass is 16.5. The van der Waals surface area contributed by atoms with Crippen molar-refractivity contribution in [3.8, 4) is 11.5 Å². The Kier molecular flexibility index (Phi) is 5.51. The molecule has 1 aliphatic rings. The van der Waals surface area contributed by atoms with Gasteiger partial charge in [-0.05, 0) is 31.9 Å². The molecule has 0 bridgehead atoms. The molecule has 0 fully saturated rings. The Bertz CT molecular complexity index is 455. The second-order valence-corrected chi connectivity index (χ2v) is 5.85. The lowest BCUT2D eigenvalue weighted by Gasteiger charge is -2.42. The van der Waals surface area contributed by atoms with Gasteiger partial charge in [0, 0.05) is 24.1 Å². The Morgan fingerprint density at radius 2 is 2.00 bits per heavy atom. The quantitative estimate of drug-likeness (QED) is 0.804. The van der Waals surface area contributed by atoms with Crippen LogP contribution in [0.5, 0.6) is 11.5 Å². The van der Waals surface area contributed by atoms with Gasteiger partial charge in [0.15, 0.2) is 0 Å². The summed E-state index contributed by atoms with van der Waals surface area (Å²) in [4.78, 5) is 0. The van der Waals surface area contributed by atoms with E-state index in [2.05, 4.69) is 51.2 Å². The van der Waals surface area contributed by atoms with E-state index in [0.29, 0.717) is 6.04 Å². The summed E-state index contributed by atoms with van der Waals surface area (Å²) in [5.41, 5.74) is 1.21. The second-order valence-electron chi connectivity index (χ2n) is 5.85. The fraction of sp³-hybridized carbons (Fsp3) is 0.667. The molecule has 0 aromatic heterocycles. The minimum atomic E-state index is -0.0524. The van der Waals surface area contributed by atoms with Crippen molar-refractivity contribution < 1.29 is 9.47 Å². The molecule has 0 amide bonds. The van der Waals surface area contributed by atoms with Gasteiger partial charge < -0.3 is 14.8 Å². The van der Waals surface area contributed by atoms with Crippen LogP contribution in [0.2, 0.25) is 0 Å². The molecule has 3 heteroatoms. The lowest BCUT2D eigenvalue weighted by molar-refractivity contribution is 0.0228. The summed E-state index contributed by atoms with van der Waals surface area (Å²) in [5.74, 6) is 1.90. The van der Waals surface area contributed by atoms with Gasteiger partial charge in [-0.2, -0.15) is 0 Å². The summed E-state index contributed by atoms with van der Waals surface area (Å²) < 4.78 is 12.1. The average Bonchev–Trinajstić information content (AvgIpc) is 2.52. The van der Waals surface area contributed by atoms with Gasteiger partial charge in [-0.1, -0.05) is 33.8 Å². The second kappa shape index (κ2) is 7.17. The van der Waals surface area contributed by atoms with Crippen molar-refractivity contribution in [2.75, 3.05) is 13.2 Å². The molecule has 1 aromatic carbocycles. The zero-order chi connectivity index (χ0) is 15.3. The Balaban J connectivity index is 2.31. The van der Waals surface area contributed by atoms with Crippen LogP contribution in [-0.4, -0.2) is 18.8 Å². The molecular formula is C18H29NO2. The Morgan fingerprint density at radius 3 is 2.62 bits per heavy atom. The van der Waals surface area contributed by atoms with E-state index in [1.807, 2.05) is 0 Å². The molecule has 0 radical (unpaired) electrons. The number of nitrogens with one attached hydrogen (secondary N) is 1. The fourth-order valence-electron chi connectivity index (χ4n) is 3.07. The molecular weight excluding hydrogens is 262 g/mol. The van der Waals surface area contributed by atoms with E-state index >= 15 is 0 Å². The molecule has 0 spiro atoms. The van der Waals surface area contributed by atoms with Crippen LogP contribution in [0, 0.1) is 0 Å². The summed E-state index contributed by atoms with van der Waals surface area (Å²) in [6.45, 7) is 10.4. The smallest absolute Gasteiger partial charge is 0.128 e. The third-order valence-corrected chi connectivity index (χ3v) is 4.48. The van der Waals surface area contributed by atoms with Crippen molar-refractivity contribution in [3.05, 3.63) is 23.8 Å². The highest BCUT2D eigenvalue weighted by Crippen LogP contribution is 2.44. The Labute approximate surface area is 129 Å². The van der Waals surface area contributed by atoms with E-state index in [-0.39, 0.29) is 5.60 Å². The van der Waals surface area contributed by atoms with Crippen molar-refractivity contribution in [1.82, 2.24) is 5.32 Å². The van der Waals surface area contributed by atoms with Crippen LogP contribution in [0.4, 0.5) is 0 Å². The van der Waals surface area contributed by atoms with Gasteiger partial charge in [0.25, 0.3) is 0 Å². The van der Waals surface area contributed by atoms with Gasteiger partial charge in [0.05, 0.1) is 6.61 Å². The molecule has 3 nitrogen and oxygen atoms in total. The number of benzene rings is 1. The van der Waals surface area contributed by atoms with Crippen LogP contribution >= 0.6 is 0 Å². The van der Waals surface area contributed by atoms with Gasteiger partial charge >= 0.3 is 0 Å². The van der Waals surface area contributed by atoms with E-state index in [9.17, 15) is 0 Å². The third kappa shape index (κ3) is 3.52. The van der Waals surface area contributed by atoms with Crippen molar-refractivity contribution >= 4 is 0 Å². The van der Waals surface area contributed by atoms with E-state index in [1.165, 1.54) is 5.56 Å². The number of fused-ring (bicyclic) bond motifs is 1. The van der Waals surface area contributed by atoms with E-state index in [0.717, 1.165) is 50.3 Å². The number of ether oxygens (including phenoxy) is 2. The van der Waals surface area contributed by atoms with Gasteiger partial charge in [0.2, 0.25) is 0 Å². The van der Waals surface area contributed by atoms with Crippen LogP contribution in [-0.2, 0) is 0 Å². The molecule has 1 aromatic rings. The molecule has 0 saturated carbocycles. The summed E-state index contributed by atoms with van der Waals surface area (Å²) in [6.07, 6.45) is 4.12.